The first kappa shape index (κ1) is 20.8. The third kappa shape index (κ3) is 3.60. The van der Waals surface area contributed by atoms with E-state index in [2.05, 4.69) is 10.1 Å². The first-order chi connectivity index (χ1) is 14.8. The lowest BCUT2D eigenvalue weighted by molar-refractivity contribution is -0.159. The number of anilines is 1. The third-order valence-corrected chi connectivity index (χ3v) is 6.17. The smallest absolute Gasteiger partial charge is 0.337 e. The van der Waals surface area contributed by atoms with Crippen LogP contribution in [-0.4, -0.2) is 54.3 Å². The van der Waals surface area contributed by atoms with Gasteiger partial charge in [0.25, 0.3) is 5.91 Å². The second kappa shape index (κ2) is 7.98. The van der Waals surface area contributed by atoms with Crippen LogP contribution in [0.1, 0.15) is 23.7 Å². The number of ether oxygens (including phenoxy) is 2. The van der Waals surface area contributed by atoms with Crippen LogP contribution in [0, 0.1) is 23.7 Å². The largest absolute Gasteiger partial charge is 0.465 e. The molecule has 3 amide bonds. The molecule has 2 aliphatic carbocycles. The van der Waals surface area contributed by atoms with Gasteiger partial charge in [-0.3, -0.25) is 19.3 Å². The maximum Gasteiger partial charge on any atom is 0.337 e. The standard InChI is InChI=1S/C22H22N2O7/c1-11(24-19(26)17-13-3-4-14(9-13)18(17)20(24)27)21(28)31-10-16(25)23-15-7-5-12(6-8-15)22(29)30-2/h3-8,11,13-14,17-18H,9-10H2,1-2H3,(H,23,25)/t11-,13+,14+,17-,18+/m1/s1. The van der Waals surface area contributed by atoms with Crippen LogP contribution in [0.4, 0.5) is 5.69 Å². The lowest BCUT2D eigenvalue weighted by Gasteiger charge is -2.23. The highest BCUT2D eigenvalue weighted by Crippen LogP contribution is 2.52. The van der Waals surface area contributed by atoms with E-state index in [1.807, 2.05) is 12.2 Å². The number of nitrogens with zero attached hydrogens (tertiary/aromatic N) is 1. The molecule has 0 aromatic heterocycles. The van der Waals surface area contributed by atoms with Crippen LogP contribution in [0.2, 0.25) is 0 Å². The van der Waals surface area contributed by atoms with Crippen molar-refractivity contribution in [3.05, 3.63) is 42.0 Å². The average molecular weight is 426 g/mol. The molecule has 2 bridgehead atoms. The van der Waals surface area contributed by atoms with Crippen LogP contribution in [0.25, 0.3) is 0 Å². The molecule has 31 heavy (non-hydrogen) atoms. The van der Waals surface area contributed by atoms with Crippen molar-refractivity contribution in [1.82, 2.24) is 4.90 Å². The van der Waals surface area contributed by atoms with Crippen molar-refractivity contribution >= 4 is 35.3 Å². The molecule has 1 N–H and O–H groups in total. The molecule has 5 atom stereocenters. The molecule has 9 nitrogen and oxygen atoms in total. The molecule has 1 aliphatic heterocycles. The van der Waals surface area contributed by atoms with Crippen LogP contribution in [0.3, 0.4) is 0 Å². The summed E-state index contributed by atoms with van der Waals surface area (Å²) in [7, 11) is 1.27. The van der Waals surface area contributed by atoms with E-state index in [1.165, 1.54) is 38.3 Å². The van der Waals surface area contributed by atoms with Gasteiger partial charge < -0.3 is 14.8 Å². The molecule has 1 aromatic rings. The fourth-order valence-corrected chi connectivity index (χ4v) is 4.67. The summed E-state index contributed by atoms with van der Waals surface area (Å²) in [5.41, 5.74) is 0.733. The Morgan fingerprint density at radius 1 is 1.06 bits per heavy atom. The summed E-state index contributed by atoms with van der Waals surface area (Å²) < 4.78 is 9.63. The number of benzene rings is 1. The predicted molar refractivity (Wildman–Crippen MR) is 106 cm³/mol. The van der Waals surface area contributed by atoms with E-state index in [9.17, 15) is 24.0 Å². The lowest BCUT2D eigenvalue weighted by atomic mass is 9.85. The maximum atomic E-state index is 12.8. The summed E-state index contributed by atoms with van der Waals surface area (Å²) in [4.78, 5) is 62.4. The predicted octanol–water partition coefficient (Wildman–Crippen LogP) is 1.15. The van der Waals surface area contributed by atoms with Gasteiger partial charge in [-0.2, -0.15) is 0 Å². The van der Waals surface area contributed by atoms with Gasteiger partial charge in [0.05, 0.1) is 24.5 Å². The van der Waals surface area contributed by atoms with E-state index in [1.54, 1.807) is 0 Å². The first-order valence-electron chi connectivity index (χ1n) is 10.0. The highest BCUT2D eigenvalue weighted by Gasteiger charge is 2.60. The summed E-state index contributed by atoms with van der Waals surface area (Å²) in [5.74, 6) is -3.28. The number of esters is 2. The van der Waals surface area contributed by atoms with E-state index < -0.39 is 42.3 Å². The minimum Gasteiger partial charge on any atom is -0.465 e. The number of carbonyl (C=O) groups is 5. The number of rotatable bonds is 6. The van der Waals surface area contributed by atoms with Gasteiger partial charge in [0.2, 0.25) is 11.8 Å². The SMILES string of the molecule is COC(=O)c1ccc(NC(=O)COC(=O)[C@@H](C)N2C(=O)[C@@H]3[C@H](C2=O)[C@H]2C=C[C@H]3C2)cc1. The van der Waals surface area contributed by atoms with Crippen molar-refractivity contribution in [1.29, 1.82) is 0 Å². The molecule has 0 radical (unpaired) electrons. The topological polar surface area (TPSA) is 119 Å². The number of fused-ring (bicyclic) bond motifs is 5. The van der Waals surface area contributed by atoms with Crippen molar-refractivity contribution in [2.75, 3.05) is 19.0 Å². The molecule has 0 spiro atoms. The molecule has 1 saturated carbocycles. The Morgan fingerprint density at radius 3 is 2.19 bits per heavy atom. The number of hydrogen-bond acceptors (Lipinski definition) is 7. The molecule has 162 valence electrons. The molecule has 9 heteroatoms. The zero-order valence-electron chi connectivity index (χ0n) is 17.1. The molecule has 1 aromatic carbocycles. The summed E-state index contributed by atoms with van der Waals surface area (Å²) in [5, 5.41) is 2.54. The molecular formula is C22H22N2O7. The van der Waals surface area contributed by atoms with Crippen molar-refractivity contribution in [3.8, 4) is 0 Å². The Kier molecular flexibility index (Phi) is 5.34. The minimum absolute atomic E-state index is 0.0519. The number of allylic oxidation sites excluding steroid dienone is 2. The van der Waals surface area contributed by atoms with Gasteiger partial charge in [-0.15, -0.1) is 0 Å². The fourth-order valence-electron chi connectivity index (χ4n) is 4.67. The van der Waals surface area contributed by atoms with Crippen LogP contribution in [0.15, 0.2) is 36.4 Å². The highest BCUT2D eigenvalue weighted by molar-refractivity contribution is 6.09. The summed E-state index contributed by atoms with van der Waals surface area (Å²) in [6, 6.07) is 4.89. The summed E-state index contributed by atoms with van der Waals surface area (Å²) >= 11 is 0. The van der Waals surface area contributed by atoms with Crippen molar-refractivity contribution < 1.29 is 33.4 Å². The molecule has 4 rings (SSSR count). The zero-order valence-corrected chi connectivity index (χ0v) is 17.1. The Labute approximate surface area is 178 Å². The van der Waals surface area contributed by atoms with E-state index >= 15 is 0 Å². The average Bonchev–Trinajstić information content (AvgIpc) is 3.45. The lowest BCUT2D eigenvalue weighted by Crippen LogP contribution is -2.45. The number of methoxy groups -OCH3 is 1. The van der Waals surface area contributed by atoms with E-state index in [4.69, 9.17) is 4.74 Å². The van der Waals surface area contributed by atoms with Gasteiger partial charge >= 0.3 is 11.9 Å². The quantitative estimate of drug-likeness (QED) is 0.412. The first-order valence-corrected chi connectivity index (χ1v) is 10.0. The van der Waals surface area contributed by atoms with Crippen molar-refractivity contribution in [3.63, 3.8) is 0 Å². The Morgan fingerprint density at radius 2 is 1.65 bits per heavy atom. The number of nitrogens with one attached hydrogen (secondary N) is 1. The number of amides is 3. The molecule has 3 aliphatic rings. The molecule has 0 unspecified atom stereocenters. The van der Waals surface area contributed by atoms with Crippen LogP contribution in [0.5, 0.6) is 0 Å². The Hall–Kier alpha value is -3.49. The molecule has 1 saturated heterocycles. The Balaban J connectivity index is 1.30. The van der Waals surface area contributed by atoms with Gasteiger partial charge in [-0.1, -0.05) is 12.2 Å². The number of hydrogen-bond donors (Lipinski definition) is 1. The van der Waals surface area contributed by atoms with Crippen LogP contribution < -0.4 is 5.32 Å². The van der Waals surface area contributed by atoms with E-state index in [0.717, 1.165) is 11.3 Å². The Bertz CT molecular complexity index is 954. The maximum absolute atomic E-state index is 12.8. The molecular weight excluding hydrogens is 404 g/mol. The summed E-state index contributed by atoms with van der Waals surface area (Å²) in [6.07, 6.45) is 4.76. The molecule has 1 heterocycles. The van der Waals surface area contributed by atoms with Crippen molar-refractivity contribution in [2.45, 2.75) is 19.4 Å². The van der Waals surface area contributed by atoms with Crippen LogP contribution >= 0.6 is 0 Å². The molecule has 2 fully saturated rings. The van der Waals surface area contributed by atoms with Crippen LogP contribution in [-0.2, 0) is 28.7 Å². The minimum atomic E-state index is -1.10. The van der Waals surface area contributed by atoms with Gasteiger partial charge in [-0.25, -0.2) is 9.59 Å². The monoisotopic (exact) mass is 426 g/mol. The van der Waals surface area contributed by atoms with Gasteiger partial charge in [0.1, 0.15) is 6.04 Å². The summed E-state index contributed by atoms with van der Waals surface area (Å²) in [6.45, 7) is 0.857. The van der Waals surface area contributed by atoms with Gasteiger partial charge in [0.15, 0.2) is 6.61 Å². The number of carbonyl (C=O) groups excluding carboxylic acids is 5. The van der Waals surface area contributed by atoms with E-state index in [-0.39, 0.29) is 23.7 Å². The number of likely N-dealkylation sites (tertiary alicyclic amines) is 1. The van der Waals surface area contributed by atoms with E-state index in [0.29, 0.717) is 11.3 Å². The zero-order chi connectivity index (χ0) is 22.3. The normalized spacial score (nSPS) is 26.6. The van der Waals surface area contributed by atoms with Gasteiger partial charge in [0, 0.05) is 5.69 Å². The number of imide groups is 1. The fraction of sp³-hybridized carbons (Fsp3) is 0.409. The highest BCUT2D eigenvalue weighted by atomic mass is 16.5. The second-order valence-electron chi connectivity index (χ2n) is 7.95. The van der Waals surface area contributed by atoms with Crippen molar-refractivity contribution in [2.24, 2.45) is 23.7 Å². The van der Waals surface area contributed by atoms with Gasteiger partial charge in [-0.05, 0) is 49.4 Å². The third-order valence-electron chi connectivity index (χ3n) is 6.17. The second-order valence-corrected chi connectivity index (χ2v) is 7.95.